The molecule has 84 valence electrons. The molecule has 0 amide bonds. The second-order valence-corrected chi connectivity index (χ2v) is 3.40. The van der Waals surface area contributed by atoms with Crippen molar-refractivity contribution in [2.75, 3.05) is 12.5 Å². The minimum absolute atomic E-state index is 0.315. The third-order valence-electron chi connectivity index (χ3n) is 2.27. The normalized spacial score (nSPS) is 10.7. The van der Waals surface area contributed by atoms with Crippen molar-refractivity contribution in [1.82, 2.24) is 4.98 Å². The molecule has 0 atom stereocenters. The second-order valence-electron chi connectivity index (χ2n) is 3.40. The van der Waals surface area contributed by atoms with Crippen molar-refractivity contribution in [3.8, 4) is 0 Å². The van der Waals surface area contributed by atoms with E-state index in [-0.39, 0.29) is 5.82 Å². The van der Waals surface area contributed by atoms with Gasteiger partial charge < -0.3 is 10.2 Å². The van der Waals surface area contributed by atoms with Crippen molar-refractivity contribution in [3.05, 3.63) is 35.8 Å². The van der Waals surface area contributed by atoms with E-state index >= 15 is 0 Å². The first kappa shape index (κ1) is 10.8. The molecule has 16 heavy (non-hydrogen) atoms. The number of pyridine rings is 1. The number of benzene rings is 1. The first-order valence-electron chi connectivity index (χ1n) is 4.79. The lowest BCUT2D eigenvalue weighted by Crippen LogP contribution is -2.08. The molecule has 3 N–H and O–H groups in total. The van der Waals surface area contributed by atoms with Crippen LogP contribution in [-0.2, 0) is 11.3 Å². The van der Waals surface area contributed by atoms with Crippen LogP contribution in [0, 0.1) is 5.82 Å². The standard InChI is InChI=1S/C11H12FN3O/c1-16-6-8-5-11(15-13)9-4-7(12)2-3-10(9)14-8/h2-5H,6,13H2,1H3,(H,14,15). The molecule has 0 aliphatic rings. The van der Waals surface area contributed by atoms with Crippen molar-refractivity contribution in [2.24, 2.45) is 5.84 Å². The summed E-state index contributed by atoms with van der Waals surface area (Å²) in [7, 11) is 1.59. The zero-order valence-corrected chi connectivity index (χ0v) is 8.83. The predicted molar refractivity (Wildman–Crippen MR) is 60.2 cm³/mol. The maximum Gasteiger partial charge on any atom is 0.124 e. The molecule has 0 fully saturated rings. The number of hydrazine groups is 1. The Balaban J connectivity index is 2.63. The fourth-order valence-corrected chi connectivity index (χ4v) is 1.59. The van der Waals surface area contributed by atoms with Crippen LogP contribution in [0.5, 0.6) is 0 Å². The smallest absolute Gasteiger partial charge is 0.124 e. The summed E-state index contributed by atoms with van der Waals surface area (Å²) in [5.74, 6) is 5.08. The summed E-state index contributed by atoms with van der Waals surface area (Å²) in [5, 5.41) is 0.655. The van der Waals surface area contributed by atoms with E-state index in [0.29, 0.717) is 23.2 Å². The van der Waals surface area contributed by atoms with Gasteiger partial charge >= 0.3 is 0 Å². The van der Waals surface area contributed by atoms with Gasteiger partial charge in [0.1, 0.15) is 5.82 Å². The topological polar surface area (TPSA) is 60.2 Å². The van der Waals surface area contributed by atoms with Gasteiger partial charge in [-0.25, -0.2) is 4.39 Å². The molecule has 0 radical (unpaired) electrons. The van der Waals surface area contributed by atoms with Crippen LogP contribution >= 0.6 is 0 Å². The van der Waals surface area contributed by atoms with E-state index in [9.17, 15) is 4.39 Å². The van der Waals surface area contributed by atoms with Crippen LogP contribution in [0.25, 0.3) is 10.9 Å². The van der Waals surface area contributed by atoms with Gasteiger partial charge in [0.05, 0.1) is 23.5 Å². The molecular formula is C11H12FN3O. The summed E-state index contributed by atoms with van der Waals surface area (Å²) < 4.78 is 18.1. The monoisotopic (exact) mass is 221 g/mol. The lowest BCUT2D eigenvalue weighted by Gasteiger charge is -2.08. The minimum atomic E-state index is -0.315. The van der Waals surface area contributed by atoms with E-state index in [1.54, 1.807) is 19.2 Å². The second kappa shape index (κ2) is 4.42. The Morgan fingerprint density at radius 2 is 2.25 bits per heavy atom. The van der Waals surface area contributed by atoms with Gasteiger partial charge in [0.15, 0.2) is 0 Å². The van der Waals surface area contributed by atoms with E-state index in [0.717, 1.165) is 5.69 Å². The molecule has 5 heteroatoms. The van der Waals surface area contributed by atoms with Gasteiger partial charge in [-0.3, -0.25) is 10.8 Å². The highest BCUT2D eigenvalue weighted by Crippen LogP contribution is 2.23. The highest BCUT2D eigenvalue weighted by Gasteiger charge is 2.05. The molecule has 2 rings (SSSR count). The average Bonchev–Trinajstić information content (AvgIpc) is 2.29. The maximum atomic E-state index is 13.1. The molecule has 4 nitrogen and oxygen atoms in total. The van der Waals surface area contributed by atoms with Crippen LogP contribution < -0.4 is 11.3 Å². The summed E-state index contributed by atoms with van der Waals surface area (Å²) in [5.41, 5.74) is 4.60. The Morgan fingerprint density at radius 3 is 2.94 bits per heavy atom. The van der Waals surface area contributed by atoms with Crippen LogP contribution in [0.15, 0.2) is 24.3 Å². The van der Waals surface area contributed by atoms with E-state index in [2.05, 4.69) is 10.4 Å². The number of nitrogens with zero attached hydrogens (tertiary/aromatic N) is 1. The SMILES string of the molecule is COCc1cc(NN)c2cc(F)ccc2n1. The third-order valence-corrected chi connectivity index (χ3v) is 2.27. The first-order valence-corrected chi connectivity index (χ1v) is 4.79. The van der Waals surface area contributed by atoms with Crippen LogP contribution in [0.3, 0.4) is 0 Å². The van der Waals surface area contributed by atoms with Crippen LogP contribution in [0.1, 0.15) is 5.69 Å². The number of hydrogen-bond acceptors (Lipinski definition) is 4. The summed E-state index contributed by atoms with van der Waals surface area (Å²) in [4.78, 5) is 4.33. The number of methoxy groups -OCH3 is 1. The van der Waals surface area contributed by atoms with Gasteiger partial charge in [0.25, 0.3) is 0 Å². The molecule has 0 unspecified atom stereocenters. The Kier molecular flexibility index (Phi) is 2.98. The van der Waals surface area contributed by atoms with E-state index in [1.807, 2.05) is 0 Å². The summed E-state index contributed by atoms with van der Waals surface area (Å²) in [6.45, 7) is 0.391. The van der Waals surface area contributed by atoms with Gasteiger partial charge in [-0.2, -0.15) is 0 Å². The van der Waals surface area contributed by atoms with E-state index in [4.69, 9.17) is 10.6 Å². The number of halogens is 1. The Hall–Kier alpha value is -1.72. The molecule has 0 saturated heterocycles. The molecule has 0 saturated carbocycles. The Morgan fingerprint density at radius 1 is 1.44 bits per heavy atom. The summed E-state index contributed by atoms with van der Waals surface area (Å²) in [6.07, 6.45) is 0. The van der Waals surface area contributed by atoms with Gasteiger partial charge in [-0.05, 0) is 24.3 Å². The highest BCUT2D eigenvalue weighted by molar-refractivity contribution is 5.91. The quantitative estimate of drug-likeness (QED) is 0.613. The fourth-order valence-electron chi connectivity index (χ4n) is 1.59. The number of nitrogens with one attached hydrogen (secondary N) is 1. The van der Waals surface area contributed by atoms with Crippen LogP contribution in [0.4, 0.5) is 10.1 Å². The number of fused-ring (bicyclic) bond motifs is 1. The lowest BCUT2D eigenvalue weighted by atomic mass is 10.1. The van der Waals surface area contributed by atoms with Crippen LogP contribution in [-0.4, -0.2) is 12.1 Å². The average molecular weight is 221 g/mol. The number of rotatable bonds is 3. The van der Waals surface area contributed by atoms with Gasteiger partial charge in [0, 0.05) is 12.5 Å². The third kappa shape index (κ3) is 1.95. The van der Waals surface area contributed by atoms with Crippen molar-refractivity contribution in [2.45, 2.75) is 6.61 Å². The molecule has 0 bridgehead atoms. The number of nitrogen functional groups attached to an aromatic ring is 1. The summed E-state index contributed by atoms with van der Waals surface area (Å²) >= 11 is 0. The Labute approximate surface area is 92.2 Å². The van der Waals surface area contributed by atoms with E-state index < -0.39 is 0 Å². The molecule has 0 spiro atoms. The summed E-state index contributed by atoms with van der Waals surface area (Å²) in [6, 6.07) is 6.12. The maximum absolute atomic E-state index is 13.1. The molecule has 1 aromatic heterocycles. The molecule has 1 aromatic carbocycles. The zero-order chi connectivity index (χ0) is 11.5. The molecule has 2 aromatic rings. The van der Waals surface area contributed by atoms with Gasteiger partial charge in [-0.1, -0.05) is 0 Å². The van der Waals surface area contributed by atoms with Crippen molar-refractivity contribution < 1.29 is 9.13 Å². The molecular weight excluding hydrogens is 209 g/mol. The number of ether oxygens (including phenoxy) is 1. The first-order chi connectivity index (χ1) is 7.74. The largest absolute Gasteiger partial charge is 0.378 e. The highest BCUT2D eigenvalue weighted by atomic mass is 19.1. The number of aromatic nitrogens is 1. The van der Waals surface area contributed by atoms with Crippen molar-refractivity contribution in [1.29, 1.82) is 0 Å². The van der Waals surface area contributed by atoms with Crippen molar-refractivity contribution >= 4 is 16.6 Å². The van der Waals surface area contributed by atoms with Gasteiger partial charge in [-0.15, -0.1) is 0 Å². The van der Waals surface area contributed by atoms with E-state index in [1.165, 1.54) is 12.1 Å². The Bertz CT molecular complexity index is 516. The lowest BCUT2D eigenvalue weighted by molar-refractivity contribution is 0.182. The molecule has 0 aliphatic carbocycles. The fraction of sp³-hybridized carbons (Fsp3) is 0.182. The number of nitrogens with two attached hydrogens (primary N) is 1. The predicted octanol–water partition coefficient (Wildman–Crippen LogP) is 1.81. The van der Waals surface area contributed by atoms with Gasteiger partial charge in [0.2, 0.25) is 0 Å². The zero-order valence-electron chi connectivity index (χ0n) is 8.83. The van der Waals surface area contributed by atoms with Crippen LogP contribution in [0.2, 0.25) is 0 Å². The number of anilines is 1. The number of hydrogen-bond donors (Lipinski definition) is 2. The van der Waals surface area contributed by atoms with Crippen molar-refractivity contribution in [3.63, 3.8) is 0 Å². The molecule has 1 heterocycles. The molecule has 0 aliphatic heterocycles. The minimum Gasteiger partial charge on any atom is -0.378 e.